The van der Waals surface area contributed by atoms with Crippen molar-refractivity contribution in [3.63, 3.8) is 0 Å². The zero-order valence-corrected chi connectivity index (χ0v) is 10.4. The fourth-order valence-electron chi connectivity index (χ4n) is 2.68. The van der Waals surface area contributed by atoms with E-state index in [-0.39, 0.29) is 5.54 Å². The number of anilines is 1. The van der Waals surface area contributed by atoms with Gasteiger partial charge in [-0.15, -0.1) is 0 Å². The van der Waals surface area contributed by atoms with Gasteiger partial charge in [-0.05, 0) is 37.3 Å². The first-order chi connectivity index (χ1) is 6.96. The van der Waals surface area contributed by atoms with Crippen molar-refractivity contribution in [1.29, 1.82) is 0 Å². The van der Waals surface area contributed by atoms with Crippen LogP contribution in [0.2, 0.25) is 0 Å². The molecule has 1 aliphatic heterocycles. The van der Waals surface area contributed by atoms with Gasteiger partial charge in [-0.2, -0.15) is 0 Å². The highest BCUT2D eigenvalue weighted by molar-refractivity contribution is 5.59. The van der Waals surface area contributed by atoms with E-state index in [1.807, 2.05) is 0 Å². The summed E-state index contributed by atoms with van der Waals surface area (Å²) >= 11 is 0. The fourth-order valence-corrected chi connectivity index (χ4v) is 2.68. The predicted octanol–water partition coefficient (Wildman–Crippen LogP) is 3.65. The zero-order valence-electron chi connectivity index (χ0n) is 10.4. The Balaban J connectivity index is 2.57. The van der Waals surface area contributed by atoms with Crippen LogP contribution in [0.3, 0.4) is 0 Å². The van der Waals surface area contributed by atoms with Gasteiger partial charge in [-0.3, -0.25) is 0 Å². The molecule has 1 aromatic rings. The summed E-state index contributed by atoms with van der Waals surface area (Å²) < 4.78 is 0. The minimum absolute atomic E-state index is 0.244. The van der Waals surface area contributed by atoms with Gasteiger partial charge in [0.2, 0.25) is 0 Å². The largest absolute Gasteiger partial charge is 0.369 e. The normalized spacial score (nSPS) is 28.7. The zero-order chi connectivity index (χ0) is 11.2. The Morgan fingerprint density at radius 3 is 2.40 bits per heavy atom. The first-order valence-corrected chi connectivity index (χ1v) is 5.79. The average Bonchev–Trinajstić information content (AvgIpc) is 2.24. The smallest absolute Gasteiger partial charge is 0.0403 e. The average molecular weight is 203 g/mol. The molecule has 0 aliphatic carbocycles. The van der Waals surface area contributed by atoms with E-state index < -0.39 is 0 Å². The molecule has 0 bridgehead atoms. The Morgan fingerprint density at radius 2 is 1.73 bits per heavy atom. The maximum Gasteiger partial charge on any atom is 0.0403 e. The second kappa shape index (κ2) is 3.26. The summed E-state index contributed by atoms with van der Waals surface area (Å²) in [4.78, 5) is 2.42. The molecule has 0 saturated heterocycles. The standard InChI is InChI=1S/C14H21N/c1-10-11(2)14(3,4)15(5)13-9-7-6-8-12(10)13/h6-11H,1-5H3. The third kappa shape index (κ3) is 1.37. The van der Waals surface area contributed by atoms with E-state index in [9.17, 15) is 0 Å². The molecule has 15 heavy (non-hydrogen) atoms. The maximum absolute atomic E-state index is 2.42. The first kappa shape index (κ1) is 10.5. The summed E-state index contributed by atoms with van der Waals surface area (Å²) in [7, 11) is 2.21. The molecule has 0 N–H and O–H groups in total. The summed E-state index contributed by atoms with van der Waals surface area (Å²) in [6.45, 7) is 9.38. The van der Waals surface area contributed by atoms with Gasteiger partial charge in [-0.1, -0.05) is 32.0 Å². The Bertz CT molecular complexity index is 367. The minimum atomic E-state index is 0.244. The lowest BCUT2D eigenvalue weighted by atomic mass is 9.72. The lowest BCUT2D eigenvalue weighted by molar-refractivity contribution is 0.275. The molecule has 0 radical (unpaired) electrons. The maximum atomic E-state index is 2.42. The lowest BCUT2D eigenvalue weighted by Gasteiger charge is -2.50. The van der Waals surface area contributed by atoms with E-state index >= 15 is 0 Å². The Morgan fingerprint density at radius 1 is 1.13 bits per heavy atom. The van der Waals surface area contributed by atoms with Crippen LogP contribution in [-0.4, -0.2) is 12.6 Å². The van der Waals surface area contributed by atoms with Gasteiger partial charge in [0, 0.05) is 18.3 Å². The molecule has 0 saturated carbocycles. The number of hydrogen-bond acceptors (Lipinski definition) is 1. The van der Waals surface area contributed by atoms with E-state index in [1.165, 1.54) is 11.3 Å². The molecule has 2 rings (SSSR count). The van der Waals surface area contributed by atoms with Crippen molar-refractivity contribution >= 4 is 5.69 Å². The monoisotopic (exact) mass is 203 g/mol. The van der Waals surface area contributed by atoms with Gasteiger partial charge in [0.05, 0.1) is 0 Å². The van der Waals surface area contributed by atoms with E-state index in [0.717, 1.165) is 0 Å². The van der Waals surface area contributed by atoms with Gasteiger partial charge in [0.25, 0.3) is 0 Å². The summed E-state index contributed by atoms with van der Waals surface area (Å²) in [6, 6.07) is 8.78. The molecule has 2 unspecified atom stereocenters. The topological polar surface area (TPSA) is 3.24 Å². The van der Waals surface area contributed by atoms with Crippen LogP contribution in [0.4, 0.5) is 5.69 Å². The molecule has 1 aliphatic rings. The Labute approximate surface area is 93.1 Å². The number of nitrogens with zero attached hydrogens (tertiary/aromatic N) is 1. The SMILES string of the molecule is CC1c2ccccc2N(C)C(C)(C)C1C. The number of para-hydroxylation sites is 1. The number of fused-ring (bicyclic) bond motifs is 1. The predicted molar refractivity (Wildman–Crippen MR) is 66.5 cm³/mol. The molecule has 0 spiro atoms. The molecular formula is C14H21N. The van der Waals surface area contributed by atoms with Crippen molar-refractivity contribution in [2.24, 2.45) is 5.92 Å². The highest BCUT2D eigenvalue weighted by Crippen LogP contribution is 2.45. The van der Waals surface area contributed by atoms with Gasteiger partial charge in [0.15, 0.2) is 0 Å². The Hall–Kier alpha value is -0.980. The van der Waals surface area contributed by atoms with E-state index in [4.69, 9.17) is 0 Å². The molecule has 0 fully saturated rings. The summed E-state index contributed by atoms with van der Waals surface area (Å²) in [5, 5.41) is 0. The summed E-state index contributed by atoms with van der Waals surface area (Å²) in [5.41, 5.74) is 3.13. The third-order valence-electron chi connectivity index (χ3n) is 4.52. The summed E-state index contributed by atoms with van der Waals surface area (Å²) in [5.74, 6) is 1.32. The van der Waals surface area contributed by atoms with Gasteiger partial charge in [0.1, 0.15) is 0 Å². The van der Waals surface area contributed by atoms with Crippen molar-refractivity contribution in [1.82, 2.24) is 0 Å². The van der Waals surface area contributed by atoms with Gasteiger partial charge < -0.3 is 4.90 Å². The van der Waals surface area contributed by atoms with Crippen LogP contribution < -0.4 is 4.90 Å². The van der Waals surface area contributed by atoms with Crippen molar-refractivity contribution in [3.8, 4) is 0 Å². The second-order valence-electron chi connectivity index (χ2n) is 5.35. The fraction of sp³-hybridized carbons (Fsp3) is 0.571. The molecule has 82 valence electrons. The number of hydrogen-bond donors (Lipinski definition) is 0. The van der Waals surface area contributed by atoms with Crippen molar-refractivity contribution in [2.45, 2.75) is 39.2 Å². The quantitative estimate of drug-likeness (QED) is 0.622. The van der Waals surface area contributed by atoms with Gasteiger partial charge in [-0.25, -0.2) is 0 Å². The molecular weight excluding hydrogens is 182 g/mol. The van der Waals surface area contributed by atoms with Crippen LogP contribution in [0.15, 0.2) is 24.3 Å². The molecule has 1 heteroatoms. The first-order valence-electron chi connectivity index (χ1n) is 5.79. The van der Waals surface area contributed by atoms with Crippen LogP contribution >= 0.6 is 0 Å². The number of benzene rings is 1. The molecule has 1 nitrogen and oxygen atoms in total. The molecule has 2 atom stereocenters. The lowest BCUT2D eigenvalue weighted by Crippen LogP contribution is -2.51. The highest BCUT2D eigenvalue weighted by atomic mass is 15.2. The van der Waals surface area contributed by atoms with E-state index in [2.05, 4.69) is 63.9 Å². The molecule has 0 amide bonds. The van der Waals surface area contributed by atoms with E-state index in [1.54, 1.807) is 0 Å². The van der Waals surface area contributed by atoms with Crippen molar-refractivity contribution in [3.05, 3.63) is 29.8 Å². The van der Waals surface area contributed by atoms with Crippen LogP contribution in [-0.2, 0) is 0 Å². The Kier molecular flexibility index (Phi) is 2.29. The number of rotatable bonds is 0. The van der Waals surface area contributed by atoms with Crippen LogP contribution in [0, 0.1) is 5.92 Å². The highest BCUT2D eigenvalue weighted by Gasteiger charge is 2.40. The van der Waals surface area contributed by atoms with Crippen LogP contribution in [0.1, 0.15) is 39.2 Å². The third-order valence-corrected chi connectivity index (χ3v) is 4.52. The summed E-state index contributed by atoms with van der Waals surface area (Å²) in [6.07, 6.45) is 0. The van der Waals surface area contributed by atoms with Crippen molar-refractivity contribution in [2.75, 3.05) is 11.9 Å². The molecule has 1 heterocycles. The van der Waals surface area contributed by atoms with Crippen LogP contribution in [0.25, 0.3) is 0 Å². The van der Waals surface area contributed by atoms with E-state index in [0.29, 0.717) is 11.8 Å². The molecule has 0 aromatic heterocycles. The van der Waals surface area contributed by atoms with Gasteiger partial charge >= 0.3 is 0 Å². The minimum Gasteiger partial charge on any atom is -0.369 e. The molecule has 1 aromatic carbocycles. The van der Waals surface area contributed by atoms with Crippen molar-refractivity contribution < 1.29 is 0 Å². The van der Waals surface area contributed by atoms with Crippen LogP contribution in [0.5, 0.6) is 0 Å². The second-order valence-corrected chi connectivity index (χ2v) is 5.35.